The van der Waals surface area contributed by atoms with Gasteiger partial charge in [-0.15, -0.1) is 14.9 Å². The normalized spacial score (nSPS) is 12.1. The Morgan fingerprint density at radius 1 is 1.06 bits per heavy atom. The Hall–Kier alpha value is -0.153. The Balaban J connectivity index is 4.63. The lowest BCUT2D eigenvalue weighted by Crippen LogP contribution is -2.16. The van der Waals surface area contributed by atoms with Crippen molar-refractivity contribution in [1.82, 2.24) is 0 Å². The van der Waals surface area contributed by atoms with E-state index >= 15 is 0 Å². The summed E-state index contributed by atoms with van der Waals surface area (Å²) in [5.74, 6) is 0. The van der Waals surface area contributed by atoms with E-state index in [0.717, 1.165) is 0 Å². The lowest BCUT2D eigenvalue weighted by atomic mass is 10.9. The molecule has 94 valence electrons. The van der Waals surface area contributed by atoms with Gasteiger partial charge in [-0.3, -0.25) is 0 Å². The van der Waals surface area contributed by atoms with E-state index in [1.165, 1.54) is 0 Å². The molecule has 0 aromatic rings. The minimum Gasteiger partial charge on any atom is -0.240 e. The summed E-state index contributed by atoms with van der Waals surface area (Å²) >= 11 is 0. The van der Waals surface area contributed by atoms with Crippen LogP contribution in [0, 0.1) is 11.2 Å². The predicted molar refractivity (Wildman–Crippen MR) is 64.2 cm³/mol. The van der Waals surface area contributed by atoms with E-state index in [1.807, 2.05) is 19.6 Å². The maximum Gasteiger partial charge on any atom is 0.458 e. The second kappa shape index (κ2) is 7.23. The Morgan fingerprint density at radius 3 is 1.81 bits per heavy atom. The van der Waals surface area contributed by atoms with Crippen molar-refractivity contribution in [3.8, 4) is 11.2 Å². The molecule has 0 atom stereocenters. The zero-order valence-corrected chi connectivity index (χ0v) is 12.3. The van der Waals surface area contributed by atoms with E-state index in [9.17, 15) is 4.57 Å². The van der Waals surface area contributed by atoms with Crippen molar-refractivity contribution < 1.29 is 23.7 Å². The quantitative estimate of drug-likeness (QED) is 0.243. The maximum absolute atomic E-state index is 11.9. The molecule has 0 aliphatic heterocycles. The molecule has 0 saturated heterocycles. The summed E-state index contributed by atoms with van der Waals surface area (Å²) < 4.78 is 21.2. The van der Waals surface area contributed by atoms with Gasteiger partial charge in [-0.25, -0.2) is 14.3 Å². The van der Waals surface area contributed by atoms with Crippen molar-refractivity contribution >= 4 is 15.7 Å². The highest BCUT2D eigenvalue weighted by Crippen LogP contribution is 2.47. The molecule has 16 heavy (non-hydrogen) atoms. The molecule has 7 heteroatoms. The van der Waals surface area contributed by atoms with E-state index in [0.29, 0.717) is 0 Å². The molecule has 0 heterocycles. The van der Waals surface area contributed by atoms with Gasteiger partial charge in [0.05, 0.1) is 13.2 Å². The third-order valence-corrected chi connectivity index (χ3v) is 3.18. The first kappa shape index (κ1) is 15.8. The van der Waals surface area contributed by atoms with Crippen LogP contribution in [0.3, 0.4) is 0 Å². The van der Waals surface area contributed by atoms with Gasteiger partial charge in [-0.05, 0) is 13.8 Å². The summed E-state index contributed by atoms with van der Waals surface area (Å²) in [6.07, 6.45) is 0. The zero-order chi connectivity index (χ0) is 12.7. The molecule has 0 radical (unpaired) electrons. The monoisotopic (exact) mass is 266 g/mol. The van der Waals surface area contributed by atoms with E-state index < -0.39 is 15.7 Å². The summed E-state index contributed by atoms with van der Waals surface area (Å²) in [6.45, 7) is 9.99. The highest BCUT2D eigenvalue weighted by Gasteiger charge is 2.26. The third-order valence-electron chi connectivity index (χ3n) is 1.11. The first-order chi connectivity index (χ1) is 7.33. The average Bonchev–Trinajstić information content (AvgIpc) is 2.20. The summed E-state index contributed by atoms with van der Waals surface area (Å²) in [7, 11) is -5.27. The fraction of sp³-hybridized carbons (Fsp3) is 0.778. The molecular formula is C9H19O5PSi. The number of hydrogen-bond donors (Lipinski definition) is 0. The third kappa shape index (κ3) is 8.05. The van der Waals surface area contributed by atoms with E-state index in [1.54, 1.807) is 13.8 Å². The fourth-order valence-corrected chi connectivity index (χ4v) is 3.01. The van der Waals surface area contributed by atoms with Crippen LogP contribution in [0.25, 0.3) is 0 Å². The lowest BCUT2D eigenvalue weighted by Gasteiger charge is -2.10. The number of rotatable bonds is 6. The highest BCUT2D eigenvalue weighted by molar-refractivity contribution is 7.59. The standard InChI is InChI=1S/C9H19O5PSi/c1-6-11-13-15(10,14-12-7-2)8-9-16(3,4)5/h6-7H2,1-5H3. The molecule has 0 bridgehead atoms. The van der Waals surface area contributed by atoms with E-state index in [4.69, 9.17) is 0 Å². The van der Waals surface area contributed by atoms with Crippen LogP contribution in [0.5, 0.6) is 0 Å². The SMILES string of the molecule is CCOOP(=O)(C#C[Si](C)(C)C)OOCC. The molecule has 0 unspecified atom stereocenters. The second-order valence-corrected chi connectivity index (χ2v) is 10.2. The highest BCUT2D eigenvalue weighted by atomic mass is 31.2. The van der Waals surface area contributed by atoms with Crippen LogP contribution in [-0.4, -0.2) is 21.3 Å². The largest absolute Gasteiger partial charge is 0.458 e. The zero-order valence-electron chi connectivity index (χ0n) is 10.4. The lowest BCUT2D eigenvalue weighted by molar-refractivity contribution is -0.260. The molecule has 0 spiro atoms. The summed E-state index contributed by atoms with van der Waals surface area (Å²) in [5.41, 5.74) is 5.37. The van der Waals surface area contributed by atoms with Crippen molar-refractivity contribution in [3.63, 3.8) is 0 Å². The summed E-state index contributed by atoms with van der Waals surface area (Å²) in [6, 6.07) is 0. The van der Waals surface area contributed by atoms with Gasteiger partial charge in [0.1, 0.15) is 8.07 Å². The maximum atomic E-state index is 11.9. The van der Waals surface area contributed by atoms with Gasteiger partial charge in [-0.1, -0.05) is 19.6 Å². The van der Waals surface area contributed by atoms with Crippen LogP contribution in [-0.2, 0) is 23.7 Å². The molecule has 0 aliphatic carbocycles. The van der Waals surface area contributed by atoms with Crippen LogP contribution in [0.4, 0.5) is 0 Å². The first-order valence-electron chi connectivity index (χ1n) is 5.10. The molecule has 0 fully saturated rings. The Morgan fingerprint density at radius 2 is 1.50 bits per heavy atom. The number of hydrogen-bond acceptors (Lipinski definition) is 5. The molecule has 5 nitrogen and oxygen atoms in total. The summed E-state index contributed by atoms with van der Waals surface area (Å²) in [5, 5.41) is 0. The van der Waals surface area contributed by atoms with Gasteiger partial charge < -0.3 is 0 Å². The van der Waals surface area contributed by atoms with Crippen LogP contribution < -0.4 is 0 Å². The molecule has 0 aromatic carbocycles. The van der Waals surface area contributed by atoms with Crippen LogP contribution in [0.2, 0.25) is 19.6 Å². The van der Waals surface area contributed by atoms with Crippen molar-refractivity contribution in [2.24, 2.45) is 0 Å². The Labute approximate surface area is 97.8 Å². The van der Waals surface area contributed by atoms with Gasteiger partial charge in [0.2, 0.25) is 0 Å². The van der Waals surface area contributed by atoms with Gasteiger partial charge in [0.25, 0.3) is 0 Å². The van der Waals surface area contributed by atoms with Gasteiger partial charge in [-0.2, -0.15) is 0 Å². The minimum atomic E-state index is -3.62. The second-order valence-electron chi connectivity index (χ2n) is 3.95. The van der Waals surface area contributed by atoms with Crippen molar-refractivity contribution in [2.75, 3.05) is 13.2 Å². The Bertz CT molecular complexity index is 289. The van der Waals surface area contributed by atoms with Gasteiger partial charge in [0, 0.05) is 5.66 Å². The fourth-order valence-electron chi connectivity index (χ4n) is 0.530. The van der Waals surface area contributed by atoms with Crippen LogP contribution in [0.1, 0.15) is 13.8 Å². The Kier molecular flexibility index (Phi) is 7.16. The van der Waals surface area contributed by atoms with Crippen LogP contribution >= 0.6 is 7.60 Å². The van der Waals surface area contributed by atoms with E-state index in [-0.39, 0.29) is 13.2 Å². The molecule has 0 amide bonds. The van der Waals surface area contributed by atoms with Crippen molar-refractivity contribution in [3.05, 3.63) is 0 Å². The smallest absolute Gasteiger partial charge is 0.240 e. The van der Waals surface area contributed by atoms with Crippen molar-refractivity contribution in [1.29, 1.82) is 0 Å². The molecule has 0 saturated carbocycles. The van der Waals surface area contributed by atoms with Gasteiger partial charge >= 0.3 is 7.60 Å². The van der Waals surface area contributed by atoms with Crippen molar-refractivity contribution in [2.45, 2.75) is 33.5 Å². The molecule has 0 rings (SSSR count). The van der Waals surface area contributed by atoms with Crippen LogP contribution in [0.15, 0.2) is 0 Å². The topological polar surface area (TPSA) is 54.0 Å². The average molecular weight is 266 g/mol. The summed E-state index contributed by atoms with van der Waals surface area (Å²) in [4.78, 5) is 9.21. The first-order valence-corrected chi connectivity index (χ1v) is 10.1. The van der Waals surface area contributed by atoms with Gasteiger partial charge in [0.15, 0.2) is 0 Å². The molecular weight excluding hydrogens is 247 g/mol. The molecule has 0 N–H and O–H groups in total. The predicted octanol–water partition coefficient (Wildman–Crippen LogP) is 2.95. The molecule has 0 aliphatic rings. The minimum absolute atomic E-state index is 0.258. The van der Waals surface area contributed by atoms with E-state index in [2.05, 4.69) is 30.3 Å². The molecule has 0 aromatic heterocycles.